The van der Waals surface area contributed by atoms with Gasteiger partial charge in [-0.25, -0.2) is 4.79 Å². The van der Waals surface area contributed by atoms with Crippen LogP contribution in [0.5, 0.6) is 0 Å². The lowest BCUT2D eigenvalue weighted by Gasteiger charge is -2.32. The molecule has 0 unspecified atom stereocenters. The Morgan fingerprint density at radius 2 is 1.84 bits per heavy atom. The molecule has 0 N–H and O–H groups in total. The first kappa shape index (κ1) is 19.4. The Bertz CT molecular complexity index is 638. The van der Waals surface area contributed by atoms with Crippen molar-refractivity contribution >= 4 is 29.2 Å². The Morgan fingerprint density at radius 3 is 2.36 bits per heavy atom. The number of ketones is 1. The normalized spacial score (nSPS) is 15.8. The minimum Gasteiger partial charge on any atom is -0.457 e. The number of aryl methyl sites for hydroxylation is 1. The van der Waals surface area contributed by atoms with Gasteiger partial charge in [0.05, 0.1) is 10.8 Å². The molecule has 138 valence electrons. The molecule has 0 bridgehead atoms. The van der Waals surface area contributed by atoms with E-state index in [-0.39, 0.29) is 30.4 Å². The van der Waals surface area contributed by atoms with Gasteiger partial charge in [-0.1, -0.05) is 0 Å². The van der Waals surface area contributed by atoms with Crippen molar-refractivity contribution in [2.75, 3.05) is 19.7 Å². The lowest BCUT2D eigenvalue weighted by atomic mass is 9.97. The largest absolute Gasteiger partial charge is 0.457 e. The highest BCUT2D eigenvalue weighted by molar-refractivity contribution is 7.14. The average Bonchev–Trinajstić information content (AvgIpc) is 2.97. The lowest BCUT2D eigenvalue weighted by Crippen LogP contribution is -2.43. The van der Waals surface area contributed by atoms with E-state index in [9.17, 15) is 14.4 Å². The predicted molar refractivity (Wildman–Crippen MR) is 94.9 cm³/mol. The van der Waals surface area contributed by atoms with Gasteiger partial charge in [-0.15, -0.1) is 11.3 Å². The molecule has 0 aromatic carbocycles. The molecular weight excluding hydrogens is 342 g/mol. The van der Waals surface area contributed by atoms with E-state index in [1.54, 1.807) is 11.0 Å². The van der Waals surface area contributed by atoms with Gasteiger partial charge in [-0.2, -0.15) is 0 Å². The number of hydrogen-bond donors (Lipinski definition) is 0. The Balaban J connectivity index is 1.75. The smallest absolute Gasteiger partial charge is 0.410 e. The summed E-state index contributed by atoms with van der Waals surface area (Å²) >= 11 is 1.39. The Morgan fingerprint density at radius 1 is 1.20 bits per heavy atom. The summed E-state index contributed by atoms with van der Waals surface area (Å²) < 4.78 is 10.5. The molecule has 2 heterocycles. The molecule has 25 heavy (non-hydrogen) atoms. The fourth-order valence-corrected chi connectivity index (χ4v) is 3.33. The van der Waals surface area contributed by atoms with Crippen LogP contribution >= 0.6 is 11.3 Å². The van der Waals surface area contributed by atoms with Crippen molar-refractivity contribution in [3.63, 3.8) is 0 Å². The molecule has 1 amide bonds. The van der Waals surface area contributed by atoms with Crippen molar-refractivity contribution in [1.29, 1.82) is 0 Å². The number of piperidine rings is 1. The highest BCUT2D eigenvalue weighted by Crippen LogP contribution is 2.21. The maximum absolute atomic E-state index is 12.1. The van der Waals surface area contributed by atoms with Crippen LogP contribution in [0.25, 0.3) is 0 Å². The van der Waals surface area contributed by atoms with Gasteiger partial charge >= 0.3 is 12.1 Å². The van der Waals surface area contributed by atoms with Crippen LogP contribution in [0.15, 0.2) is 12.1 Å². The maximum Gasteiger partial charge on any atom is 0.410 e. The molecule has 2 rings (SSSR count). The van der Waals surface area contributed by atoms with Gasteiger partial charge in [0.2, 0.25) is 5.78 Å². The van der Waals surface area contributed by atoms with E-state index < -0.39 is 5.60 Å². The number of rotatable bonds is 4. The van der Waals surface area contributed by atoms with E-state index in [4.69, 9.17) is 9.47 Å². The second kappa shape index (κ2) is 7.99. The maximum atomic E-state index is 12.1. The molecule has 1 aliphatic rings. The van der Waals surface area contributed by atoms with Crippen LogP contribution in [0.4, 0.5) is 4.79 Å². The minimum atomic E-state index is -0.534. The zero-order valence-corrected chi connectivity index (χ0v) is 16.0. The SMILES string of the molecule is Cc1ccc(C(=O)COC(=O)C2CCN(C(=O)OC(C)(C)C)CC2)s1. The standard InChI is InChI=1S/C18H25NO5S/c1-12-5-6-15(25-12)14(20)11-23-16(21)13-7-9-19(10-8-13)17(22)24-18(2,3)4/h5-6,13H,7-11H2,1-4H3. The van der Waals surface area contributed by atoms with Crippen LogP contribution in [0.1, 0.15) is 48.2 Å². The number of amides is 1. The Hall–Kier alpha value is -1.89. The quantitative estimate of drug-likeness (QED) is 0.602. The number of ether oxygens (including phenoxy) is 2. The van der Waals surface area contributed by atoms with Crippen molar-refractivity contribution in [2.24, 2.45) is 5.92 Å². The third-order valence-electron chi connectivity index (χ3n) is 3.84. The average molecular weight is 367 g/mol. The van der Waals surface area contributed by atoms with Crippen molar-refractivity contribution in [3.8, 4) is 0 Å². The fourth-order valence-electron chi connectivity index (χ4n) is 2.53. The summed E-state index contributed by atoms with van der Waals surface area (Å²) in [6.07, 6.45) is 0.678. The highest BCUT2D eigenvalue weighted by atomic mass is 32.1. The molecule has 1 aromatic heterocycles. The number of nitrogens with zero attached hydrogens (tertiary/aromatic N) is 1. The Labute approximate surface area is 152 Å². The van der Waals surface area contributed by atoms with Crippen LogP contribution in [0, 0.1) is 12.8 Å². The molecule has 1 fully saturated rings. The van der Waals surface area contributed by atoms with E-state index >= 15 is 0 Å². The van der Waals surface area contributed by atoms with Gasteiger partial charge in [0.15, 0.2) is 6.61 Å². The summed E-state index contributed by atoms with van der Waals surface area (Å²) in [6, 6.07) is 3.61. The summed E-state index contributed by atoms with van der Waals surface area (Å²) in [5.74, 6) is -0.834. The number of esters is 1. The summed E-state index contributed by atoms with van der Waals surface area (Å²) in [5, 5.41) is 0. The molecule has 1 aliphatic heterocycles. The van der Waals surface area contributed by atoms with Crippen LogP contribution in [-0.4, -0.2) is 48.0 Å². The molecule has 7 heteroatoms. The number of thiophene rings is 1. The molecule has 0 atom stereocenters. The molecule has 6 nitrogen and oxygen atoms in total. The van der Waals surface area contributed by atoms with Gasteiger partial charge in [-0.05, 0) is 52.7 Å². The van der Waals surface area contributed by atoms with Crippen LogP contribution in [-0.2, 0) is 14.3 Å². The summed E-state index contributed by atoms with van der Waals surface area (Å²) in [4.78, 5) is 39.4. The van der Waals surface area contributed by atoms with Gasteiger partial charge < -0.3 is 14.4 Å². The number of carbonyl (C=O) groups excluding carboxylic acids is 3. The fraction of sp³-hybridized carbons (Fsp3) is 0.611. The molecule has 0 saturated carbocycles. The second-order valence-electron chi connectivity index (χ2n) is 7.18. The molecule has 0 radical (unpaired) electrons. The molecule has 0 aliphatic carbocycles. The van der Waals surface area contributed by atoms with Crippen molar-refractivity contribution in [3.05, 3.63) is 21.9 Å². The third kappa shape index (κ3) is 5.85. The molecular formula is C18H25NO5S. The molecule has 1 saturated heterocycles. The van der Waals surface area contributed by atoms with Gasteiger partial charge in [0, 0.05) is 18.0 Å². The number of Topliss-reactive ketones (excluding diaryl/α,β-unsaturated/α-hetero) is 1. The van der Waals surface area contributed by atoms with Gasteiger partial charge in [-0.3, -0.25) is 9.59 Å². The third-order valence-corrected chi connectivity index (χ3v) is 4.88. The zero-order chi connectivity index (χ0) is 18.6. The molecule has 1 aromatic rings. The number of hydrogen-bond acceptors (Lipinski definition) is 6. The van der Waals surface area contributed by atoms with E-state index in [1.807, 2.05) is 33.8 Å². The van der Waals surface area contributed by atoms with E-state index in [1.165, 1.54) is 11.3 Å². The summed E-state index contributed by atoms with van der Waals surface area (Å²) in [7, 11) is 0. The van der Waals surface area contributed by atoms with E-state index in [0.717, 1.165) is 4.88 Å². The minimum absolute atomic E-state index is 0.183. The first-order valence-electron chi connectivity index (χ1n) is 8.40. The van der Waals surface area contributed by atoms with Crippen LogP contribution in [0.3, 0.4) is 0 Å². The van der Waals surface area contributed by atoms with Gasteiger partial charge in [0.25, 0.3) is 0 Å². The molecule has 0 spiro atoms. The first-order valence-corrected chi connectivity index (χ1v) is 9.21. The summed E-state index contributed by atoms with van der Waals surface area (Å²) in [5.41, 5.74) is -0.534. The second-order valence-corrected chi connectivity index (χ2v) is 8.47. The topological polar surface area (TPSA) is 72.9 Å². The zero-order valence-electron chi connectivity index (χ0n) is 15.2. The van der Waals surface area contributed by atoms with Gasteiger partial charge in [0.1, 0.15) is 5.60 Å². The van der Waals surface area contributed by atoms with Crippen LogP contribution in [0.2, 0.25) is 0 Å². The van der Waals surface area contributed by atoms with E-state index in [0.29, 0.717) is 30.8 Å². The number of likely N-dealkylation sites (tertiary alicyclic amines) is 1. The predicted octanol–water partition coefficient (Wildman–Crippen LogP) is 3.43. The lowest BCUT2D eigenvalue weighted by molar-refractivity contribution is -0.149. The van der Waals surface area contributed by atoms with Crippen molar-refractivity contribution in [2.45, 2.75) is 46.1 Å². The van der Waals surface area contributed by atoms with Crippen LogP contribution < -0.4 is 0 Å². The number of carbonyl (C=O) groups is 3. The first-order chi connectivity index (χ1) is 11.7. The monoisotopic (exact) mass is 367 g/mol. The summed E-state index contributed by atoms with van der Waals surface area (Å²) in [6.45, 7) is 8.06. The highest BCUT2D eigenvalue weighted by Gasteiger charge is 2.31. The van der Waals surface area contributed by atoms with Crippen molar-refractivity contribution in [1.82, 2.24) is 4.90 Å². The van der Waals surface area contributed by atoms with Crippen molar-refractivity contribution < 1.29 is 23.9 Å². The van der Waals surface area contributed by atoms with E-state index in [2.05, 4.69) is 0 Å². The Kier molecular flexibility index (Phi) is 6.21.